The minimum atomic E-state index is -1.29. The van der Waals surface area contributed by atoms with Crippen LogP contribution in [-0.4, -0.2) is 36.2 Å². The number of amides is 1. The lowest BCUT2D eigenvalue weighted by atomic mass is 10.1. The molecule has 0 atom stereocenters. The number of halogens is 3. The average molecular weight is 416 g/mol. The normalized spacial score (nSPS) is 11.0. The van der Waals surface area contributed by atoms with Crippen molar-refractivity contribution in [2.75, 3.05) is 11.1 Å². The fraction of sp³-hybridized carbons (Fsp3) is 0.0556. The summed E-state index contributed by atoms with van der Waals surface area (Å²) in [7, 11) is 0. The molecule has 0 fully saturated rings. The molecular formula is C18H11F3N6OS. The van der Waals surface area contributed by atoms with Gasteiger partial charge in [-0.05, 0) is 30.3 Å². The Hall–Kier alpha value is -3.47. The number of pyridine rings is 1. The summed E-state index contributed by atoms with van der Waals surface area (Å²) in [6.07, 6.45) is 4.43. The summed E-state index contributed by atoms with van der Waals surface area (Å²) < 4.78 is 42.7. The van der Waals surface area contributed by atoms with E-state index in [9.17, 15) is 18.0 Å². The van der Waals surface area contributed by atoms with Crippen LogP contribution in [-0.2, 0) is 4.79 Å². The number of hydrogen-bond donors (Lipinski definition) is 1. The number of hydrogen-bond acceptors (Lipinski definition) is 6. The van der Waals surface area contributed by atoms with E-state index in [0.29, 0.717) is 16.9 Å². The lowest BCUT2D eigenvalue weighted by Crippen LogP contribution is -2.15. The Morgan fingerprint density at radius 1 is 1.07 bits per heavy atom. The van der Waals surface area contributed by atoms with Crippen LogP contribution in [0.15, 0.2) is 54.1 Å². The van der Waals surface area contributed by atoms with E-state index >= 15 is 0 Å². The quantitative estimate of drug-likeness (QED) is 0.305. The Morgan fingerprint density at radius 2 is 1.83 bits per heavy atom. The fourth-order valence-corrected chi connectivity index (χ4v) is 3.13. The molecule has 0 bridgehead atoms. The Balaban J connectivity index is 1.53. The van der Waals surface area contributed by atoms with Gasteiger partial charge in [0.15, 0.2) is 22.4 Å². The Bertz CT molecular complexity index is 1200. The van der Waals surface area contributed by atoms with Gasteiger partial charge in [0, 0.05) is 24.2 Å². The van der Waals surface area contributed by atoms with Crippen molar-refractivity contribution in [1.82, 2.24) is 24.6 Å². The van der Waals surface area contributed by atoms with Crippen LogP contribution >= 0.6 is 11.8 Å². The van der Waals surface area contributed by atoms with Crippen LogP contribution in [0.5, 0.6) is 0 Å². The first-order valence-corrected chi connectivity index (χ1v) is 9.20. The molecule has 0 spiro atoms. The maximum absolute atomic E-state index is 14.0. The fourth-order valence-electron chi connectivity index (χ4n) is 2.53. The van der Waals surface area contributed by atoms with Crippen LogP contribution in [0.1, 0.15) is 0 Å². The monoisotopic (exact) mass is 416 g/mol. The van der Waals surface area contributed by atoms with Gasteiger partial charge >= 0.3 is 0 Å². The lowest BCUT2D eigenvalue weighted by molar-refractivity contribution is -0.113. The third-order valence-electron chi connectivity index (χ3n) is 3.79. The maximum Gasteiger partial charge on any atom is 0.249 e. The first kappa shape index (κ1) is 18.9. The summed E-state index contributed by atoms with van der Waals surface area (Å²) >= 11 is 1.14. The Morgan fingerprint density at radius 3 is 2.62 bits per heavy atom. The van der Waals surface area contributed by atoms with E-state index in [0.717, 1.165) is 17.8 Å². The lowest BCUT2D eigenvalue weighted by Gasteiger charge is -2.06. The molecule has 0 aliphatic rings. The molecule has 0 unspecified atom stereocenters. The number of fused-ring (bicyclic) bond motifs is 1. The number of benzene rings is 1. The summed E-state index contributed by atoms with van der Waals surface area (Å²) in [6.45, 7) is 0. The zero-order chi connectivity index (χ0) is 20.4. The van der Waals surface area contributed by atoms with Crippen molar-refractivity contribution < 1.29 is 18.0 Å². The molecule has 29 heavy (non-hydrogen) atoms. The summed E-state index contributed by atoms with van der Waals surface area (Å²) in [6, 6.07) is 6.07. The summed E-state index contributed by atoms with van der Waals surface area (Å²) in [5.74, 6) is -3.67. The van der Waals surface area contributed by atoms with E-state index in [1.807, 2.05) is 0 Å². The van der Waals surface area contributed by atoms with Crippen LogP contribution in [0.3, 0.4) is 0 Å². The molecule has 0 radical (unpaired) electrons. The molecule has 146 valence electrons. The van der Waals surface area contributed by atoms with Crippen LogP contribution in [0.2, 0.25) is 0 Å². The highest BCUT2D eigenvalue weighted by Gasteiger charge is 2.17. The zero-order valence-corrected chi connectivity index (χ0v) is 15.3. The van der Waals surface area contributed by atoms with Crippen LogP contribution in [0.4, 0.5) is 19.1 Å². The molecule has 1 aromatic carbocycles. The number of nitrogens with zero attached hydrogens (tertiary/aromatic N) is 5. The molecule has 11 heteroatoms. The number of carbonyl (C=O) groups is 1. The molecular weight excluding hydrogens is 405 g/mol. The van der Waals surface area contributed by atoms with E-state index < -0.39 is 23.0 Å². The van der Waals surface area contributed by atoms with Crippen molar-refractivity contribution in [3.63, 3.8) is 0 Å². The van der Waals surface area contributed by atoms with Crippen molar-refractivity contribution in [3.8, 4) is 11.1 Å². The van der Waals surface area contributed by atoms with Gasteiger partial charge in [-0.3, -0.25) is 10.1 Å². The van der Waals surface area contributed by atoms with E-state index in [-0.39, 0.29) is 23.2 Å². The predicted octanol–water partition coefficient (Wildman–Crippen LogP) is 3.33. The summed E-state index contributed by atoms with van der Waals surface area (Å²) in [5, 5.41) is 7.05. The van der Waals surface area contributed by atoms with Gasteiger partial charge in [-0.15, -0.1) is 5.10 Å². The van der Waals surface area contributed by atoms with Gasteiger partial charge in [-0.1, -0.05) is 11.8 Å². The zero-order valence-electron chi connectivity index (χ0n) is 14.5. The third kappa shape index (κ3) is 4.04. The summed E-state index contributed by atoms with van der Waals surface area (Å²) in [5.41, 5.74) is -0.0980. The molecule has 0 aliphatic heterocycles. The summed E-state index contributed by atoms with van der Waals surface area (Å²) in [4.78, 5) is 24.2. The second-order valence-electron chi connectivity index (χ2n) is 5.74. The van der Waals surface area contributed by atoms with Crippen LogP contribution in [0, 0.1) is 17.5 Å². The van der Waals surface area contributed by atoms with Gasteiger partial charge in [-0.25, -0.2) is 27.7 Å². The molecule has 0 saturated carbocycles. The molecule has 4 aromatic rings. The minimum absolute atomic E-state index is 0.0157. The molecule has 1 N–H and O–H groups in total. The average Bonchev–Trinajstić information content (AvgIpc) is 3.12. The predicted molar refractivity (Wildman–Crippen MR) is 99.7 cm³/mol. The molecule has 7 nitrogen and oxygen atoms in total. The van der Waals surface area contributed by atoms with Gasteiger partial charge in [0.05, 0.1) is 11.3 Å². The first-order valence-electron chi connectivity index (χ1n) is 8.21. The van der Waals surface area contributed by atoms with Crippen molar-refractivity contribution >= 4 is 29.3 Å². The smallest absolute Gasteiger partial charge is 0.249 e. The number of carbonyl (C=O) groups excluding carboxylic acids is 1. The second-order valence-corrected chi connectivity index (χ2v) is 6.68. The maximum atomic E-state index is 14.0. The van der Waals surface area contributed by atoms with E-state index in [4.69, 9.17) is 0 Å². The van der Waals surface area contributed by atoms with Gasteiger partial charge < -0.3 is 0 Å². The highest BCUT2D eigenvalue weighted by molar-refractivity contribution is 7.99. The van der Waals surface area contributed by atoms with Gasteiger partial charge in [0.25, 0.3) is 0 Å². The van der Waals surface area contributed by atoms with E-state index in [2.05, 4.69) is 25.4 Å². The standard InChI is InChI=1S/C18H11F3N6OS/c19-11-3-4-12(20)16(21)15(11)10-2-5-13-24-17(26-27(13)8-10)25-14(28)9-29-18-22-6-1-7-23-18/h1-8H,9H2,(H,25,26,28). The van der Waals surface area contributed by atoms with Gasteiger partial charge in [0.1, 0.15) is 5.82 Å². The second kappa shape index (κ2) is 7.87. The van der Waals surface area contributed by atoms with E-state index in [1.165, 1.54) is 22.8 Å². The number of aromatic nitrogens is 5. The topological polar surface area (TPSA) is 85.1 Å². The van der Waals surface area contributed by atoms with Gasteiger partial charge in [-0.2, -0.15) is 4.98 Å². The molecule has 0 saturated heterocycles. The SMILES string of the molecule is O=C(CSc1ncccn1)Nc1nc2ccc(-c3c(F)ccc(F)c3F)cn2n1. The molecule has 0 aliphatic carbocycles. The van der Waals surface area contributed by atoms with Crippen molar-refractivity contribution in [2.24, 2.45) is 0 Å². The highest BCUT2D eigenvalue weighted by Crippen LogP contribution is 2.28. The molecule has 4 rings (SSSR count). The van der Waals surface area contributed by atoms with Crippen molar-refractivity contribution in [2.45, 2.75) is 5.16 Å². The Kier molecular flexibility index (Phi) is 5.12. The first-order chi connectivity index (χ1) is 14.0. The minimum Gasteiger partial charge on any atom is -0.292 e. The van der Waals surface area contributed by atoms with Crippen LogP contribution in [0.25, 0.3) is 16.8 Å². The number of nitrogens with one attached hydrogen (secondary N) is 1. The molecule has 3 heterocycles. The van der Waals surface area contributed by atoms with Crippen molar-refractivity contribution in [3.05, 3.63) is 66.4 Å². The van der Waals surface area contributed by atoms with E-state index in [1.54, 1.807) is 18.5 Å². The highest BCUT2D eigenvalue weighted by atomic mass is 32.2. The number of thioether (sulfide) groups is 1. The number of rotatable bonds is 5. The third-order valence-corrected chi connectivity index (χ3v) is 4.66. The van der Waals surface area contributed by atoms with Gasteiger partial charge in [0.2, 0.25) is 11.9 Å². The largest absolute Gasteiger partial charge is 0.292 e. The van der Waals surface area contributed by atoms with Crippen LogP contribution < -0.4 is 5.32 Å². The molecule has 3 aromatic heterocycles. The Labute approximate surface area is 166 Å². The number of anilines is 1. The molecule has 1 amide bonds. The van der Waals surface area contributed by atoms with Crippen molar-refractivity contribution in [1.29, 1.82) is 0 Å².